The number of alkyl halides is 1. The van der Waals surface area contributed by atoms with Crippen LogP contribution in [0.15, 0.2) is 18.2 Å². The smallest absolute Gasteiger partial charge is 0.123 e. The van der Waals surface area contributed by atoms with Gasteiger partial charge >= 0.3 is 0 Å². The number of rotatable bonds is 3. The lowest BCUT2D eigenvalue weighted by molar-refractivity contribution is 0.0209. The molecule has 5 heteroatoms. The van der Waals surface area contributed by atoms with Crippen molar-refractivity contribution >= 4 is 17.3 Å². The van der Waals surface area contributed by atoms with E-state index in [2.05, 4.69) is 9.80 Å². The van der Waals surface area contributed by atoms with Gasteiger partial charge in [0, 0.05) is 43.8 Å². The lowest BCUT2D eigenvalue weighted by Gasteiger charge is -2.32. The lowest BCUT2D eigenvalue weighted by Crippen LogP contribution is -2.44. The van der Waals surface area contributed by atoms with Gasteiger partial charge in [0.25, 0.3) is 0 Å². The van der Waals surface area contributed by atoms with Crippen molar-refractivity contribution in [3.63, 3.8) is 0 Å². The van der Waals surface area contributed by atoms with Gasteiger partial charge in [0.05, 0.1) is 13.2 Å². The van der Waals surface area contributed by atoms with Crippen LogP contribution in [-0.4, -0.2) is 50.3 Å². The first-order valence-electron chi connectivity index (χ1n) is 7.19. The van der Waals surface area contributed by atoms with Gasteiger partial charge in [-0.15, -0.1) is 11.6 Å². The van der Waals surface area contributed by atoms with Gasteiger partial charge < -0.3 is 9.64 Å². The molecule has 110 valence electrons. The molecule has 1 aromatic carbocycles. The Labute approximate surface area is 124 Å². The highest BCUT2D eigenvalue weighted by molar-refractivity contribution is 6.17. The number of nitrogens with zero attached hydrogens (tertiary/aromatic N) is 2. The molecule has 2 aliphatic heterocycles. The van der Waals surface area contributed by atoms with Crippen molar-refractivity contribution in [1.82, 2.24) is 4.90 Å². The molecule has 1 unspecified atom stereocenters. The van der Waals surface area contributed by atoms with Crippen molar-refractivity contribution in [2.24, 2.45) is 0 Å². The molecule has 2 fully saturated rings. The van der Waals surface area contributed by atoms with Crippen LogP contribution >= 0.6 is 11.6 Å². The first-order valence-corrected chi connectivity index (χ1v) is 7.72. The van der Waals surface area contributed by atoms with Crippen molar-refractivity contribution in [1.29, 1.82) is 0 Å². The summed E-state index contributed by atoms with van der Waals surface area (Å²) in [6.45, 7) is 5.71. The quantitative estimate of drug-likeness (QED) is 0.798. The molecule has 0 aromatic heterocycles. The Morgan fingerprint density at radius 1 is 1.25 bits per heavy atom. The van der Waals surface area contributed by atoms with Gasteiger partial charge in [-0.25, -0.2) is 4.39 Å². The maximum Gasteiger partial charge on any atom is 0.123 e. The van der Waals surface area contributed by atoms with Crippen LogP contribution in [0.1, 0.15) is 12.0 Å². The summed E-state index contributed by atoms with van der Waals surface area (Å²) in [6, 6.07) is 5.50. The highest BCUT2D eigenvalue weighted by atomic mass is 35.5. The number of anilines is 1. The SMILES string of the molecule is Fc1ccc(N2CCC(N3CCOCC3)C2)c(CCl)c1. The average Bonchev–Trinajstić information content (AvgIpc) is 2.97. The van der Waals surface area contributed by atoms with E-state index >= 15 is 0 Å². The van der Waals surface area contributed by atoms with Crippen LogP contribution in [0.5, 0.6) is 0 Å². The number of hydrogen-bond acceptors (Lipinski definition) is 3. The van der Waals surface area contributed by atoms with Crippen molar-refractivity contribution in [3.05, 3.63) is 29.6 Å². The predicted molar refractivity (Wildman–Crippen MR) is 79.0 cm³/mol. The third-order valence-corrected chi connectivity index (χ3v) is 4.54. The maximum atomic E-state index is 13.3. The highest BCUT2D eigenvalue weighted by Gasteiger charge is 2.29. The molecule has 0 saturated carbocycles. The first-order chi connectivity index (χ1) is 9.78. The minimum atomic E-state index is -0.215. The molecule has 0 amide bonds. The summed E-state index contributed by atoms with van der Waals surface area (Å²) >= 11 is 5.95. The van der Waals surface area contributed by atoms with E-state index in [0.717, 1.165) is 57.1 Å². The Bertz CT molecular complexity index is 465. The van der Waals surface area contributed by atoms with Crippen LogP contribution < -0.4 is 4.90 Å². The van der Waals surface area contributed by atoms with Crippen LogP contribution in [0.3, 0.4) is 0 Å². The fourth-order valence-electron chi connectivity index (χ4n) is 3.17. The summed E-state index contributed by atoms with van der Waals surface area (Å²) in [4.78, 5) is 4.84. The Kier molecular flexibility index (Phi) is 4.44. The zero-order valence-electron chi connectivity index (χ0n) is 11.5. The molecule has 0 radical (unpaired) electrons. The van der Waals surface area contributed by atoms with Crippen molar-refractivity contribution in [2.75, 3.05) is 44.3 Å². The molecule has 2 saturated heterocycles. The Morgan fingerprint density at radius 2 is 2.05 bits per heavy atom. The van der Waals surface area contributed by atoms with Gasteiger partial charge in [-0.05, 0) is 30.2 Å². The molecule has 1 aromatic rings. The lowest BCUT2D eigenvalue weighted by atomic mass is 10.2. The van der Waals surface area contributed by atoms with E-state index in [4.69, 9.17) is 16.3 Å². The minimum Gasteiger partial charge on any atom is -0.379 e. The monoisotopic (exact) mass is 298 g/mol. The normalized spacial score (nSPS) is 24.3. The first kappa shape index (κ1) is 14.1. The summed E-state index contributed by atoms with van der Waals surface area (Å²) in [6.07, 6.45) is 1.15. The third kappa shape index (κ3) is 2.92. The Balaban J connectivity index is 1.70. The number of halogens is 2. The van der Waals surface area contributed by atoms with Crippen LogP contribution in [0, 0.1) is 5.82 Å². The summed E-state index contributed by atoms with van der Waals surface area (Å²) in [5, 5.41) is 0. The van der Waals surface area contributed by atoms with E-state index in [-0.39, 0.29) is 5.82 Å². The molecular weight excluding hydrogens is 279 g/mol. The van der Waals surface area contributed by atoms with Crippen LogP contribution in [0.25, 0.3) is 0 Å². The van der Waals surface area contributed by atoms with Crippen LogP contribution in [0.2, 0.25) is 0 Å². The van der Waals surface area contributed by atoms with Crippen molar-refractivity contribution in [3.8, 4) is 0 Å². The van der Waals surface area contributed by atoms with E-state index in [9.17, 15) is 4.39 Å². The number of morpholine rings is 1. The molecule has 20 heavy (non-hydrogen) atoms. The fourth-order valence-corrected chi connectivity index (χ4v) is 3.38. The molecule has 3 rings (SSSR count). The van der Waals surface area contributed by atoms with Gasteiger partial charge in [0.15, 0.2) is 0 Å². The summed E-state index contributed by atoms with van der Waals surface area (Å²) in [5.74, 6) is 0.138. The van der Waals surface area contributed by atoms with E-state index in [1.807, 2.05) is 6.07 Å². The molecule has 0 bridgehead atoms. The second kappa shape index (κ2) is 6.29. The molecular formula is C15H20ClFN2O. The fraction of sp³-hybridized carbons (Fsp3) is 0.600. The zero-order chi connectivity index (χ0) is 13.9. The highest BCUT2D eigenvalue weighted by Crippen LogP contribution is 2.28. The Morgan fingerprint density at radius 3 is 2.80 bits per heavy atom. The van der Waals surface area contributed by atoms with Gasteiger partial charge in [-0.2, -0.15) is 0 Å². The molecule has 2 heterocycles. The van der Waals surface area contributed by atoms with Gasteiger partial charge in [-0.1, -0.05) is 0 Å². The van der Waals surface area contributed by atoms with E-state index in [0.29, 0.717) is 11.9 Å². The van der Waals surface area contributed by atoms with Gasteiger partial charge in [0.2, 0.25) is 0 Å². The van der Waals surface area contributed by atoms with Crippen molar-refractivity contribution in [2.45, 2.75) is 18.3 Å². The van der Waals surface area contributed by atoms with Crippen molar-refractivity contribution < 1.29 is 9.13 Å². The molecule has 0 N–H and O–H groups in total. The van der Waals surface area contributed by atoms with E-state index < -0.39 is 0 Å². The second-order valence-corrected chi connectivity index (χ2v) is 5.71. The minimum absolute atomic E-state index is 0.215. The van der Waals surface area contributed by atoms with Crippen LogP contribution in [-0.2, 0) is 10.6 Å². The third-order valence-electron chi connectivity index (χ3n) is 4.25. The van der Waals surface area contributed by atoms with Gasteiger partial charge in [-0.3, -0.25) is 4.90 Å². The molecule has 1 atom stereocenters. The predicted octanol–water partition coefficient (Wildman–Crippen LogP) is 2.48. The number of benzene rings is 1. The summed E-state index contributed by atoms with van der Waals surface area (Å²) in [5.41, 5.74) is 1.96. The molecule has 0 spiro atoms. The summed E-state index contributed by atoms with van der Waals surface area (Å²) in [7, 11) is 0. The number of ether oxygens (including phenoxy) is 1. The second-order valence-electron chi connectivity index (χ2n) is 5.44. The van der Waals surface area contributed by atoms with E-state index in [1.54, 1.807) is 6.07 Å². The summed E-state index contributed by atoms with van der Waals surface area (Å²) < 4.78 is 18.7. The standard InChI is InChI=1S/C15H20ClFN2O/c16-10-12-9-13(17)1-2-15(12)19-4-3-14(11-19)18-5-7-20-8-6-18/h1-2,9,14H,3-8,10-11H2. The van der Waals surface area contributed by atoms with Gasteiger partial charge in [0.1, 0.15) is 5.82 Å². The topological polar surface area (TPSA) is 15.7 Å². The van der Waals surface area contributed by atoms with Crippen LogP contribution in [0.4, 0.5) is 10.1 Å². The Hall–Kier alpha value is -0.840. The maximum absolute atomic E-state index is 13.3. The van der Waals surface area contributed by atoms with E-state index in [1.165, 1.54) is 6.07 Å². The number of hydrogen-bond donors (Lipinski definition) is 0. The molecule has 3 nitrogen and oxygen atoms in total. The average molecular weight is 299 g/mol. The largest absolute Gasteiger partial charge is 0.379 e. The zero-order valence-corrected chi connectivity index (χ0v) is 12.3. The molecule has 2 aliphatic rings. The molecule has 0 aliphatic carbocycles.